The Morgan fingerprint density at radius 2 is 2.14 bits per heavy atom. The van der Waals surface area contributed by atoms with Crippen molar-refractivity contribution in [2.75, 3.05) is 49.2 Å². The Hall–Kier alpha value is -1.82. The van der Waals surface area contributed by atoms with Crippen LogP contribution in [-0.4, -0.2) is 55.5 Å². The first-order chi connectivity index (χ1) is 10.7. The van der Waals surface area contributed by atoms with E-state index in [0.717, 1.165) is 57.2 Å². The second-order valence-corrected chi connectivity index (χ2v) is 5.46. The Morgan fingerprint density at radius 1 is 1.36 bits per heavy atom. The zero-order valence-electron chi connectivity index (χ0n) is 13.2. The van der Waals surface area contributed by atoms with Gasteiger partial charge in [0.1, 0.15) is 5.82 Å². The van der Waals surface area contributed by atoms with Crippen LogP contribution in [0, 0.1) is 0 Å². The first-order valence-electron chi connectivity index (χ1n) is 7.96. The van der Waals surface area contributed by atoms with Gasteiger partial charge in [0.2, 0.25) is 0 Å². The van der Waals surface area contributed by atoms with Gasteiger partial charge >= 0.3 is 5.97 Å². The largest absolute Gasteiger partial charge is 0.481 e. The zero-order chi connectivity index (χ0) is 15.8. The van der Waals surface area contributed by atoms with Crippen molar-refractivity contribution in [3.8, 4) is 0 Å². The van der Waals surface area contributed by atoms with Crippen molar-refractivity contribution in [2.24, 2.45) is 0 Å². The number of aromatic nitrogens is 1. The van der Waals surface area contributed by atoms with Crippen molar-refractivity contribution in [2.45, 2.75) is 26.2 Å². The summed E-state index contributed by atoms with van der Waals surface area (Å²) in [6, 6.07) is 4.05. The van der Waals surface area contributed by atoms with E-state index in [0.29, 0.717) is 6.54 Å². The second-order valence-electron chi connectivity index (χ2n) is 5.46. The number of carboxylic acid groups (broad SMARTS) is 1. The van der Waals surface area contributed by atoms with Crippen molar-refractivity contribution in [3.05, 3.63) is 18.3 Å². The molecule has 0 saturated carbocycles. The number of anilines is 2. The monoisotopic (exact) mass is 307 g/mol. The number of carboxylic acids is 1. The van der Waals surface area contributed by atoms with E-state index in [2.05, 4.69) is 21.7 Å². The SMILES string of the molecule is CCCCN(CCC(=O)O)c1ccc(N2CCOCC2)nc1. The highest BCUT2D eigenvalue weighted by Gasteiger charge is 2.13. The molecule has 0 aliphatic carbocycles. The quantitative estimate of drug-likeness (QED) is 0.792. The first kappa shape index (κ1) is 16.5. The minimum Gasteiger partial charge on any atom is -0.481 e. The average molecular weight is 307 g/mol. The number of rotatable bonds is 8. The van der Waals surface area contributed by atoms with Crippen LogP contribution in [0.2, 0.25) is 0 Å². The summed E-state index contributed by atoms with van der Waals surface area (Å²) in [5.41, 5.74) is 0.992. The molecule has 1 saturated heterocycles. The van der Waals surface area contributed by atoms with Crippen molar-refractivity contribution in [1.29, 1.82) is 0 Å². The highest BCUT2D eigenvalue weighted by Crippen LogP contribution is 2.19. The summed E-state index contributed by atoms with van der Waals surface area (Å²) < 4.78 is 5.35. The van der Waals surface area contributed by atoms with Crippen LogP contribution in [0.15, 0.2) is 18.3 Å². The third kappa shape index (κ3) is 4.87. The van der Waals surface area contributed by atoms with Crippen LogP contribution in [0.3, 0.4) is 0 Å². The fraction of sp³-hybridized carbons (Fsp3) is 0.625. The molecule has 1 N–H and O–H groups in total. The number of carbonyl (C=O) groups is 1. The van der Waals surface area contributed by atoms with E-state index in [1.807, 2.05) is 18.3 Å². The van der Waals surface area contributed by atoms with E-state index < -0.39 is 5.97 Å². The maximum absolute atomic E-state index is 10.8. The number of aliphatic carboxylic acids is 1. The summed E-state index contributed by atoms with van der Waals surface area (Å²) in [5.74, 6) is 0.195. The zero-order valence-corrected chi connectivity index (χ0v) is 13.2. The number of morpholine rings is 1. The molecule has 6 heteroatoms. The molecular weight excluding hydrogens is 282 g/mol. The molecule has 1 aliphatic heterocycles. The number of nitrogens with zero attached hydrogens (tertiary/aromatic N) is 3. The maximum atomic E-state index is 10.8. The molecule has 0 amide bonds. The van der Waals surface area contributed by atoms with Gasteiger partial charge in [-0.25, -0.2) is 4.98 Å². The molecule has 1 aliphatic rings. The average Bonchev–Trinajstić information content (AvgIpc) is 2.56. The minimum absolute atomic E-state index is 0.148. The van der Waals surface area contributed by atoms with E-state index in [1.54, 1.807) is 0 Å². The van der Waals surface area contributed by atoms with Crippen LogP contribution in [-0.2, 0) is 9.53 Å². The smallest absolute Gasteiger partial charge is 0.305 e. The Balaban J connectivity index is 2.01. The summed E-state index contributed by atoms with van der Waals surface area (Å²) in [7, 11) is 0. The Bertz CT molecular complexity index is 458. The molecule has 2 heterocycles. The van der Waals surface area contributed by atoms with E-state index >= 15 is 0 Å². The number of unbranched alkanes of at least 4 members (excludes halogenated alkanes) is 1. The van der Waals surface area contributed by atoms with Crippen molar-refractivity contribution < 1.29 is 14.6 Å². The molecule has 0 spiro atoms. The molecule has 0 unspecified atom stereocenters. The number of pyridine rings is 1. The standard InChI is InChI=1S/C16H25N3O3/c1-2-3-7-18(8-6-16(20)21)14-4-5-15(17-13-14)19-9-11-22-12-10-19/h4-5,13H,2-3,6-12H2,1H3,(H,20,21). The summed E-state index contributed by atoms with van der Waals surface area (Å²) in [4.78, 5) is 19.7. The van der Waals surface area contributed by atoms with Crippen LogP contribution >= 0.6 is 0 Å². The van der Waals surface area contributed by atoms with Gasteiger partial charge in [-0.3, -0.25) is 4.79 Å². The predicted molar refractivity (Wildman–Crippen MR) is 86.6 cm³/mol. The lowest BCUT2D eigenvalue weighted by Gasteiger charge is -2.29. The van der Waals surface area contributed by atoms with Gasteiger partial charge in [0, 0.05) is 26.2 Å². The van der Waals surface area contributed by atoms with Crippen LogP contribution in [0.1, 0.15) is 26.2 Å². The molecule has 0 radical (unpaired) electrons. The predicted octanol–water partition coefficient (Wildman–Crippen LogP) is 2.00. The van der Waals surface area contributed by atoms with E-state index in [1.165, 1.54) is 0 Å². The molecule has 22 heavy (non-hydrogen) atoms. The molecule has 1 aromatic rings. The molecule has 6 nitrogen and oxygen atoms in total. The van der Waals surface area contributed by atoms with E-state index in [4.69, 9.17) is 9.84 Å². The molecule has 0 atom stereocenters. The van der Waals surface area contributed by atoms with Gasteiger partial charge in [-0.05, 0) is 18.6 Å². The lowest BCUT2D eigenvalue weighted by atomic mass is 10.2. The lowest BCUT2D eigenvalue weighted by Crippen LogP contribution is -2.36. The van der Waals surface area contributed by atoms with Crippen LogP contribution < -0.4 is 9.80 Å². The number of hydrogen-bond donors (Lipinski definition) is 1. The molecule has 0 aromatic carbocycles. The van der Waals surface area contributed by atoms with Crippen molar-refractivity contribution in [3.63, 3.8) is 0 Å². The lowest BCUT2D eigenvalue weighted by molar-refractivity contribution is -0.136. The highest BCUT2D eigenvalue weighted by atomic mass is 16.5. The summed E-state index contributed by atoms with van der Waals surface area (Å²) in [5, 5.41) is 8.89. The Morgan fingerprint density at radius 3 is 2.73 bits per heavy atom. The molecule has 2 rings (SSSR count). The molecule has 122 valence electrons. The third-order valence-corrected chi connectivity index (χ3v) is 3.81. The first-order valence-corrected chi connectivity index (χ1v) is 7.96. The number of hydrogen-bond acceptors (Lipinski definition) is 5. The normalized spacial score (nSPS) is 14.9. The molecular formula is C16H25N3O3. The van der Waals surface area contributed by atoms with E-state index in [9.17, 15) is 4.79 Å². The van der Waals surface area contributed by atoms with Crippen LogP contribution in [0.25, 0.3) is 0 Å². The van der Waals surface area contributed by atoms with Gasteiger partial charge in [0.25, 0.3) is 0 Å². The van der Waals surface area contributed by atoms with Crippen LogP contribution in [0.4, 0.5) is 11.5 Å². The summed E-state index contributed by atoms with van der Waals surface area (Å²) in [6.07, 6.45) is 4.13. The van der Waals surface area contributed by atoms with Crippen molar-refractivity contribution >= 4 is 17.5 Å². The molecule has 1 fully saturated rings. The second kappa shape index (κ2) is 8.58. The minimum atomic E-state index is -0.764. The van der Waals surface area contributed by atoms with E-state index in [-0.39, 0.29) is 6.42 Å². The topological polar surface area (TPSA) is 65.9 Å². The fourth-order valence-corrected chi connectivity index (χ4v) is 2.49. The van der Waals surface area contributed by atoms with Gasteiger partial charge < -0.3 is 19.6 Å². The van der Waals surface area contributed by atoms with Gasteiger partial charge in [0.05, 0.1) is 31.5 Å². The number of ether oxygens (including phenoxy) is 1. The maximum Gasteiger partial charge on any atom is 0.305 e. The third-order valence-electron chi connectivity index (χ3n) is 3.81. The molecule has 1 aromatic heterocycles. The van der Waals surface area contributed by atoms with Crippen LogP contribution in [0.5, 0.6) is 0 Å². The Kier molecular flexibility index (Phi) is 6.45. The Labute approximate surface area is 131 Å². The van der Waals surface area contributed by atoms with Gasteiger partial charge in [-0.2, -0.15) is 0 Å². The van der Waals surface area contributed by atoms with Gasteiger partial charge in [-0.15, -0.1) is 0 Å². The van der Waals surface area contributed by atoms with Gasteiger partial charge in [-0.1, -0.05) is 13.3 Å². The van der Waals surface area contributed by atoms with Crippen molar-refractivity contribution in [1.82, 2.24) is 4.98 Å². The highest BCUT2D eigenvalue weighted by molar-refractivity contribution is 5.67. The molecule has 0 bridgehead atoms. The summed E-state index contributed by atoms with van der Waals surface area (Å²) >= 11 is 0. The van der Waals surface area contributed by atoms with Gasteiger partial charge in [0.15, 0.2) is 0 Å². The fourth-order valence-electron chi connectivity index (χ4n) is 2.49. The summed E-state index contributed by atoms with van der Waals surface area (Å²) in [6.45, 7) is 6.73.